The van der Waals surface area contributed by atoms with Crippen molar-refractivity contribution in [1.82, 2.24) is 4.57 Å². The van der Waals surface area contributed by atoms with E-state index in [-0.39, 0.29) is 5.78 Å². The molecule has 20 heavy (non-hydrogen) atoms. The Morgan fingerprint density at radius 3 is 2.00 bits per heavy atom. The number of Topliss-reactive ketones (excluding diaryl/α,β-unsaturated/α-hetero) is 1. The van der Waals surface area contributed by atoms with E-state index in [0.29, 0.717) is 0 Å². The summed E-state index contributed by atoms with van der Waals surface area (Å²) in [6.45, 7) is 4.94. The molecule has 0 aliphatic carbocycles. The molecule has 1 aromatic rings. The number of aromatic nitrogens is 1. The molecule has 0 saturated heterocycles. The van der Waals surface area contributed by atoms with Crippen LogP contribution in [0, 0.1) is 0 Å². The zero-order valence-electron chi connectivity index (χ0n) is 13.4. The number of rotatable bonds is 12. The molecule has 0 fully saturated rings. The van der Waals surface area contributed by atoms with Crippen LogP contribution in [0.15, 0.2) is 18.5 Å². The fourth-order valence-electron chi connectivity index (χ4n) is 2.57. The predicted molar refractivity (Wildman–Crippen MR) is 86.3 cm³/mol. The summed E-state index contributed by atoms with van der Waals surface area (Å²) in [7, 11) is 0. The smallest absolute Gasteiger partial charge is 0.161 e. The van der Waals surface area contributed by atoms with Gasteiger partial charge < -0.3 is 4.57 Å². The molecule has 0 atom stereocenters. The van der Waals surface area contributed by atoms with Crippen molar-refractivity contribution in [3.05, 3.63) is 24.0 Å². The Labute approximate surface area is 124 Å². The monoisotopic (exact) mass is 277 g/mol. The van der Waals surface area contributed by atoms with Crippen LogP contribution in [0.5, 0.6) is 0 Å². The third kappa shape index (κ3) is 7.52. The van der Waals surface area contributed by atoms with Gasteiger partial charge in [-0.05, 0) is 19.4 Å². The van der Waals surface area contributed by atoms with E-state index in [1.807, 2.05) is 18.5 Å². The highest BCUT2D eigenvalue weighted by Crippen LogP contribution is 2.11. The lowest BCUT2D eigenvalue weighted by Gasteiger charge is -2.03. The SMILES string of the molecule is CCCCCCCCCCCCn1ccc(C(C)=O)c1. The zero-order chi connectivity index (χ0) is 14.6. The summed E-state index contributed by atoms with van der Waals surface area (Å²) in [5.74, 6) is 0.159. The van der Waals surface area contributed by atoms with E-state index in [2.05, 4.69) is 11.5 Å². The second-order valence-electron chi connectivity index (χ2n) is 5.88. The summed E-state index contributed by atoms with van der Waals surface area (Å²) in [6, 6.07) is 1.92. The average Bonchev–Trinajstić information content (AvgIpc) is 2.90. The van der Waals surface area contributed by atoms with Gasteiger partial charge in [-0.25, -0.2) is 0 Å². The Morgan fingerprint density at radius 2 is 1.50 bits per heavy atom. The van der Waals surface area contributed by atoms with Gasteiger partial charge in [-0.3, -0.25) is 4.79 Å². The second-order valence-corrected chi connectivity index (χ2v) is 5.88. The van der Waals surface area contributed by atoms with Crippen LogP contribution in [0.25, 0.3) is 0 Å². The summed E-state index contributed by atoms with van der Waals surface area (Å²) in [6.07, 6.45) is 17.7. The van der Waals surface area contributed by atoms with Gasteiger partial charge in [-0.2, -0.15) is 0 Å². The third-order valence-corrected chi connectivity index (χ3v) is 3.93. The van der Waals surface area contributed by atoms with E-state index in [4.69, 9.17) is 0 Å². The number of carbonyl (C=O) groups excluding carboxylic acids is 1. The Morgan fingerprint density at radius 1 is 0.950 bits per heavy atom. The van der Waals surface area contributed by atoms with E-state index < -0.39 is 0 Å². The van der Waals surface area contributed by atoms with Gasteiger partial charge in [0.25, 0.3) is 0 Å². The zero-order valence-corrected chi connectivity index (χ0v) is 13.4. The van der Waals surface area contributed by atoms with Gasteiger partial charge in [0, 0.05) is 24.5 Å². The van der Waals surface area contributed by atoms with Crippen LogP contribution in [-0.2, 0) is 6.54 Å². The molecule has 1 heterocycles. The number of hydrogen-bond acceptors (Lipinski definition) is 1. The van der Waals surface area contributed by atoms with Crippen LogP contribution < -0.4 is 0 Å². The fourth-order valence-corrected chi connectivity index (χ4v) is 2.57. The molecule has 1 aromatic heterocycles. The molecule has 0 aromatic carbocycles. The molecule has 1 rings (SSSR count). The summed E-state index contributed by atoms with van der Waals surface area (Å²) in [5, 5.41) is 0. The van der Waals surface area contributed by atoms with Gasteiger partial charge in [0.2, 0.25) is 0 Å². The van der Waals surface area contributed by atoms with Gasteiger partial charge in [-0.1, -0.05) is 64.7 Å². The molecule has 2 nitrogen and oxygen atoms in total. The van der Waals surface area contributed by atoms with Crippen molar-refractivity contribution in [1.29, 1.82) is 0 Å². The minimum atomic E-state index is 0.159. The minimum absolute atomic E-state index is 0.159. The van der Waals surface area contributed by atoms with Crippen LogP contribution in [0.4, 0.5) is 0 Å². The number of nitrogens with zero attached hydrogens (tertiary/aromatic N) is 1. The Kier molecular flexibility index (Phi) is 9.10. The Balaban J connectivity index is 1.93. The van der Waals surface area contributed by atoms with E-state index in [1.165, 1.54) is 64.2 Å². The van der Waals surface area contributed by atoms with Crippen molar-refractivity contribution in [3.63, 3.8) is 0 Å². The van der Waals surface area contributed by atoms with Crippen LogP contribution in [-0.4, -0.2) is 10.4 Å². The number of carbonyl (C=O) groups is 1. The highest BCUT2D eigenvalue weighted by Gasteiger charge is 2.01. The lowest BCUT2D eigenvalue weighted by atomic mass is 10.1. The van der Waals surface area contributed by atoms with Crippen molar-refractivity contribution in [2.24, 2.45) is 0 Å². The maximum absolute atomic E-state index is 11.2. The molecule has 0 radical (unpaired) electrons. The van der Waals surface area contributed by atoms with E-state index in [9.17, 15) is 4.79 Å². The predicted octanol–water partition coefficient (Wildman–Crippen LogP) is 5.61. The number of ketones is 1. The van der Waals surface area contributed by atoms with E-state index in [0.717, 1.165) is 12.1 Å². The summed E-state index contributed by atoms with van der Waals surface area (Å²) in [5.41, 5.74) is 0.831. The highest BCUT2D eigenvalue weighted by atomic mass is 16.1. The van der Waals surface area contributed by atoms with E-state index >= 15 is 0 Å². The Bertz CT molecular complexity index is 367. The molecule has 0 unspecified atom stereocenters. The van der Waals surface area contributed by atoms with Crippen LogP contribution in [0.1, 0.15) is 88.4 Å². The molecular weight excluding hydrogens is 246 g/mol. The molecule has 114 valence electrons. The largest absolute Gasteiger partial charge is 0.354 e. The normalized spacial score (nSPS) is 10.9. The Hall–Kier alpha value is -1.05. The van der Waals surface area contributed by atoms with Crippen LogP contribution in [0.3, 0.4) is 0 Å². The molecule has 0 aliphatic heterocycles. The lowest BCUT2D eigenvalue weighted by molar-refractivity contribution is 0.101. The van der Waals surface area contributed by atoms with Gasteiger partial charge >= 0.3 is 0 Å². The van der Waals surface area contributed by atoms with Crippen LogP contribution >= 0.6 is 0 Å². The third-order valence-electron chi connectivity index (χ3n) is 3.93. The maximum atomic E-state index is 11.2. The molecule has 0 bridgehead atoms. The number of hydrogen-bond donors (Lipinski definition) is 0. The first kappa shape index (κ1) is 17.0. The van der Waals surface area contributed by atoms with Gasteiger partial charge in [0.05, 0.1) is 0 Å². The first-order chi connectivity index (χ1) is 9.74. The molecule has 0 amide bonds. The van der Waals surface area contributed by atoms with Crippen molar-refractivity contribution in [3.8, 4) is 0 Å². The highest BCUT2D eigenvalue weighted by molar-refractivity contribution is 5.93. The molecule has 0 saturated carbocycles. The number of unbranched alkanes of at least 4 members (excludes halogenated alkanes) is 9. The quantitative estimate of drug-likeness (QED) is 0.359. The standard InChI is InChI=1S/C18H31NO/c1-3-4-5-6-7-8-9-10-11-12-14-19-15-13-18(16-19)17(2)20/h13,15-16H,3-12,14H2,1-2H3. The molecule has 0 N–H and O–H groups in total. The maximum Gasteiger partial charge on any atom is 0.161 e. The van der Waals surface area contributed by atoms with Crippen molar-refractivity contribution >= 4 is 5.78 Å². The fraction of sp³-hybridized carbons (Fsp3) is 0.722. The van der Waals surface area contributed by atoms with E-state index in [1.54, 1.807) is 6.92 Å². The summed E-state index contributed by atoms with van der Waals surface area (Å²) >= 11 is 0. The molecule has 0 spiro atoms. The summed E-state index contributed by atoms with van der Waals surface area (Å²) in [4.78, 5) is 11.2. The van der Waals surface area contributed by atoms with Crippen molar-refractivity contribution in [2.75, 3.05) is 0 Å². The first-order valence-corrected chi connectivity index (χ1v) is 8.40. The van der Waals surface area contributed by atoms with Crippen molar-refractivity contribution < 1.29 is 4.79 Å². The first-order valence-electron chi connectivity index (χ1n) is 8.40. The van der Waals surface area contributed by atoms with Gasteiger partial charge in [0.15, 0.2) is 5.78 Å². The van der Waals surface area contributed by atoms with Gasteiger partial charge in [-0.15, -0.1) is 0 Å². The summed E-state index contributed by atoms with van der Waals surface area (Å²) < 4.78 is 2.14. The van der Waals surface area contributed by atoms with Crippen LogP contribution in [0.2, 0.25) is 0 Å². The molecule has 0 aliphatic rings. The lowest BCUT2D eigenvalue weighted by Crippen LogP contribution is -1.95. The topological polar surface area (TPSA) is 22.0 Å². The molecule has 2 heteroatoms. The van der Waals surface area contributed by atoms with Crippen molar-refractivity contribution in [2.45, 2.75) is 84.6 Å². The number of aryl methyl sites for hydroxylation is 1. The second kappa shape index (κ2) is 10.7. The minimum Gasteiger partial charge on any atom is -0.354 e. The van der Waals surface area contributed by atoms with Gasteiger partial charge in [0.1, 0.15) is 0 Å². The average molecular weight is 277 g/mol. The molecular formula is C18H31NO.